The van der Waals surface area contributed by atoms with Crippen molar-refractivity contribution in [2.75, 3.05) is 20.3 Å². The number of benzene rings is 2. The van der Waals surface area contributed by atoms with Crippen LogP contribution < -0.4 is 15.4 Å². The molecule has 3 amide bonds. The largest absolute Gasteiger partial charge is 0.496 e. The van der Waals surface area contributed by atoms with Gasteiger partial charge in [0.1, 0.15) is 17.4 Å². The molecule has 30 heavy (non-hydrogen) atoms. The minimum atomic E-state index is -1.04. The summed E-state index contributed by atoms with van der Waals surface area (Å²) in [7, 11) is 1.37. The highest BCUT2D eigenvalue weighted by atomic mass is 19.1. The summed E-state index contributed by atoms with van der Waals surface area (Å²) in [6, 6.07) is 8.72. The molecule has 158 valence electrons. The molecular weight excluding hydrogens is 402 g/mol. The van der Waals surface area contributed by atoms with E-state index in [0.717, 1.165) is 12.1 Å². The average Bonchev–Trinajstić information content (AvgIpc) is 2.72. The lowest BCUT2D eigenvalue weighted by Crippen LogP contribution is -2.34. The second kappa shape index (κ2) is 10.6. The highest BCUT2D eigenvalue weighted by Crippen LogP contribution is 2.16. The van der Waals surface area contributed by atoms with E-state index < -0.39 is 41.9 Å². The zero-order valence-electron chi connectivity index (χ0n) is 15.9. The Morgan fingerprint density at radius 2 is 1.70 bits per heavy atom. The van der Waals surface area contributed by atoms with Gasteiger partial charge in [-0.2, -0.15) is 0 Å². The van der Waals surface area contributed by atoms with Gasteiger partial charge < -0.3 is 14.8 Å². The van der Waals surface area contributed by atoms with Gasteiger partial charge in [0.05, 0.1) is 24.7 Å². The van der Waals surface area contributed by atoms with Crippen LogP contribution >= 0.6 is 0 Å². The SMILES string of the molecule is COc1ccccc1C(=O)NC(=O)COC(=O)CCNC(=O)c1ccc(F)cc1F. The molecule has 2 aromatic carbocycles. The third-order valence-electron chi connectivity index (χ3n) is 3.76. The van der Waals surface area contributed by atoms with Gasteiger partial charge in [-0.15, -0.1) is 0 Å². The number of nitrogens with one attached hydrogen (secondary N) is 2. The number of ether oxygens (including phenoxy) is 2. The summed E-state index contributed by atoms with van der Waals surface area (Å²) in [5.41, 5.74) is -0.241. The molecule has 2 rings (SSSR count). The predicted octanol–water partition coefficient (Wildman–Crippen LogP) is 1.59. The van der Waals surface area contributed by atoms with Gasteiger partial charge in [-0.25, -0.2) is 8.78 Å². The number of methoxy groups -OCH3 is 1. The van der Waals surface area contributed by atoms with Crippen molar-refractivity contribution in [3.63, 3.8) is 0 Å². The second-order valence-corrected chi connectivity index (χ2v) is 5.87. The van der Waals surface area contributed by atoms with Crippen molar-refractivity contribution in [1.29, 1.82) is 0 Å². The van der Waals surface area contributed by atoms with E-state index in [4.69, 9.17) is 9.47 Å². The van der Waals surface area contributed by atoms with E-state index in [-0.39, 0.29) is 29.8 Å². The fourth-order valence-corrected chi connectivity index (χ4v) is 2.33. The van der Waals surface area contributed by atoms with Crippen LogP contribution in [0.2, 0.25) is 0 Å². The van der Waals surface area contributed by atoms with E-state index in [1.165, 1.54) is 13.2 Å². The molecule has 0 fully saturated rings. The maximum atomic E-state index is 13.5. The Morgan fingerprint density at radius 3 is 2.40 bits per heavy atom. The Morgan fingerprint density at radius 1 is 0.967 bits per heavy atom. The van der Waals surface area contributed by atoms with Crippen LogP contribution in [-0.2, 0) is 14.3 Å². The standard InChI is InChI=1S/C20H18F2N2O6/c1-29-16-5-3-2-4-14(16)20(28)24-17(25)11-30-18(26)8-9-23-19(27)13-7-6-12(21)10-15(13)22/h2-7,10H,8-9,11H2,1H3,(H,23,27)(H,24,25,28). The van der Waals surface area contributed by atoms with Crippen molar-refractivity contribution in [1.82, 2.24) is 10.6 Å². The highest BCUT2D eigenvalue weighted by molar-refractivity contribution is 6.06. The zero-order valence-corrected chi connectivity index (χ0v) is 15.9. The summed E-state index contributed by atoms with van der Waals surface area (Å²) in [6.07, 6.45) is -0.303. The Hall–Kier alpha value is -3.82. The van der Waals surface area contributed by atoms with E-state index in [1.807, 2.05) is 0 Å². The first kappa shape index (κ1) is 22.5. The zero-order chi connectivity index (χ0) is 22.1. The van der Waals surface area contributed by atoms with Gasteiger partial charge in [-0.1, -0.05) is 12.1 Å². The summed E-state index contributed by atoms with van der Waals surface area (Å²) in [6.45, 7) is -0.906. The van der Waals surface area contributed by atoms with Gasteiger partial charge in [0.2, 0.25) is 0 Å². The molecule has 0 aliphatic rings. The fourth-order valence-electron chi connectivity index (χ4n) is 2.33. The predicted molar refractivity (Wildman–Crippen MR) is 99.7 cm³/mol. The number of hydrogen-bond acceptors (Lipinski definition) is 6. The number of esters is 1. The highest BCUT2D eigenvalue weighted by Gasteiger charge is 2.16. The van der Waals surface area contributed by atoms with Crippen LogP contribution in [0, 0.1) is 11.6 Å². The van der Waals surface area contributed by atoms with Crippen molar-refractivity contribution in [3.8, 4) is 5.75 Å². The molecule has 0 heterocycles. The van der Waals surface area contributed by atoms with Gasteiger partial charge in [-0.3, -0.25) is 24.5 Å². The van der Waals surface area contributed by atoms with Crippen molar-refractivity contribution in [2.45, 2.75) is 6.42 Å². The summed E-state index contributed by atoms with van der Waals surface area (Å²) in [5, 5.41) is 4.33. The molecule has 0 aliphatic carbocycles. The van der Waals surface area contributed by atoms with Crippen molar-refractivity contribution >= 4 is 23.7 Å². The number of amides is 3. The molecule has 2 aromatic rings. The molecule has 0 unspecified atom stereocenters. The molecule has 2 N–H and O–H groups in total. The molecule has 0 atom stereocenters. The fraction of sp³-hybridized carbons (Fsp3) is 0.200. The number of imide groups is 1. The minimum absolute atomic E-state index is 0.135. The lowest BCUT2D eigenvalue weighted by Gasteiger charge is -2.09. The third-order valence-corrected chi connectivity index (χ3v) is 3.76. The summed E-state index contributed by atoms with van der Waals surface area (Å²) >= 11 is 0. The molecular formula is C20H18F2N2O6. The Labute approximate surface area is 170 Å². The van der Waals surface area contributed by atoms with Crippen molar-refractivity contribution < 1.29 is 37.4 Å². The van der Waals surface area contributed by atoms with E-state index in [9.17, 15) is 28.0 Å². The van der Waals surface area contributed by atoms with Gasteiger partial charge >= 0.3 is 5.97 Å². The van der Waals surface area contributed by atoms with Crippen LogP contribution in [0.3, 0.4) is 0 Å². The summed E-state index contributed by atoms with van der Waals surface area (Å²) < 4.78 is 36.1. The molecule has 0 saturated heterocycles. The monoisotopic (exact) mass is 420 g/mol. The van der Waals surface area contributed by atoms with Crippen LogP contribution in [0.15, 0.2) is 42.5 Å². The molecule has 0 aliphatic heterocycles. The smallest absolute Gasteiger partial charge is 0.308 e. The molecule has 10 heteroatoms. The number of carbonyl (C=O) groups is 4. The van der Waals surface area contributed by atoms with E-state index in [1.54, 1.807) is 18.2 Å². The normalized spacial score (nSPS) is 10.1. The number of halogens is 2. The van der Waals surface area contributed by atoms with Crippen molar-refractivity contribution in [3.05, 3.63) is 65.2 Å². The lowest BCUT2D eigenvalue weighted by molar-refractivity contribution is -0.148. The number of hydrogen-bond donors (Lipinski definition) is 2. The number of rotatable bonds is 8. The summed E-state index contributed by atoms with van der Waals surface area (Å²) in [4.78, 5) is 47.3. The van der Waals surface area contributed by atoms with Crippen LogP contribution in [0.4, 0.5) is 8.78 Å². The quantitative estimate of drug-likeness (QED) is 0.628. The first-order chi connectivity index (χ1) is 14.3. The molecule has 0 spiro atoms. The first-order valence-corrected chi connectivity index (χ1v) is 8.68. The van der Waals surface area contributed by atoms with E-state index in [0.29, 0.717) is 6.07 Å². The Balaban J connectivity index is 1.73. The number of carbonyl (C=O) groups excluding carboxylic acids is 4. The molecule has 8 nitrogen and oxygen atoms in total. The second-order valence-electron chi connectivity index (χ2n) is 5.87. The number of para-hydroxylation sites is 1. The van der Waals surface area contributed by atoms with Crippen LogP contribution in [0.1, 0.15) is 27.1 Å². The van der Waals surface area contributed by atoms with Gasteiger partial charge in [0, 0.05) is 12.6 Å². The average molecular weight is 420 g/mol. The molecule has 0 saturated carbocycles. The molecule has 0 radical (unpaired) electrons. The van der Waals surface area contributed by atoms with Crippen LogP contribution in [0.5, 0.6) is 5.75 Å². The molecule has 0 aromatic heterocycles. The van der Waals surface area contributed by atoms with Gasteiger partial charge in [-0.05, 0) is 24.3 Å². The molecule has 0 bridgehead atoms. The van der Waals surface area contributed by atoms with Crippen molar-refractivity contribution in [2.24, 2.45) is 0 Å². The Bertz CT molecular complexity index is 964. The summed E-state index contributed by atoms with van der Waals surface area (Å²) in [5.74, 6) is -4.82. The van der Waals surface area contributed by atoms with E-state index in [2.05, 4.69) is 10.6 Å². The van der Waals surface area contributed by atoms with Gasteiger partial charge in [0.25, 0.3) is 17.7 Å². The third kappa shape index (κ3) is 6.36. The van der Waals surface area contributed by atoms with Crippen LogP contribution in [0.25, 0.3) is 0 Å². The van der Waals surface area contributed by atoms with Crippen LogP contribution in [-0.4, -0.2) is 44.0 Å². The maximum Gasteiger partial charge on any atom is 0.308 e. The van der Waals surface area contributed by atoms with E-state index >= 15 is 0 Å². The Kier molecular flexibility index (Phi) is 7.98. The maximum absolute atomic E-state index is 13.5. The minimum Gasteiger partial charge on any atom is -0.496 e. The lowest BCUT2D eigenvalue weighted by atomic mass is 10.2. The first-order valence-electron chi connectivity index (χ1n) is 8.68. The van der Waals surface area contributed by atoms with Gasteiger partial charge in [0.15, 0.2) is 6.61 Å². The topological polar surface area (TPSA) is 111 Å².